The lowest BCUT2D eigenvalue weighted by Crippen LogP contribution is -2.45. The third-order valence-electron chi connectivity index (χ3n) is 17.8. The van der Waals surface area contributed by atoms with Crippen LogP contribution in [0.4, 0.5) is 0 Å². The van der Waals surface area contributed by atoms with E-state index in [1.54, 1.807) is 6.08 Å². The van der Waals surface area contributed by atoms with E-state index in [0.717, 1.165) is 51.4 Å². The van der Waals surface area contributed by atoms with Crippen LogP contribution in [0.25, 0.3) is 0 Å². The summed E-state index contributed by atoms with van der Waals surface area (Å²) in [7, 11) is 0. The molecule has 0 aliphatic heterocycles. The Kier molecular flexibility index (Phi) is 72.4. The molecule has 0 aliphatic rings. The Balaban J connectivity index is 3.42. The summed E-state index contributed by atoms with van der Waals surface area (Å²) < 4.78 is 5.50. The van der Waals surface area contributed by atoms with Crippen LogP contribution in [0.2, 0.25) is 0 Å². The number of nitrogens with one attached hydrogen (secondary N) is 1. The minimum absolute atomic E-state index is 0.00710. The number of unbranched alkanes of at least 4 members (excludes halogenated alkanes) is 55. The van der Waals surface area contributed by atoms with Gasteiger partial charge in [-0.1, -0.05) is 364 Å². The quantitative estimate of drug-likeness (QED) is 0.0320. The van der Waals surface area contributed by atoms with Gasteiger partial charge in [0.05, 0.1) is 25.4 Å². The Labute approximate surface area is 531 Å². The van der Waals surface area contributed by atoms with E-state index in [-0.39, 0.29) is 18.5 Å². The van der Waals surface area contributed by atoms with Crippen molar-refractivity contribution in [3.8, 4) is 0 Å². The summed E-state index contributed by atoms with van der Waals surface area (Å²) in [4.78, 5) is 24.7. The summed E-state index contributed by atoms with van der Waals surface area (Å²) in [6, 6.07) is -0.632. The van der Waals surface area contributed by atoms with Crippen molar-refractivity contribution in [2.75, 3.05) is 13.2 Å². The fraction of sp³-hybridized carbons (Fsp3) is 0.873. The summed E-state index contributed by atoms with van der Waals surface area (Å²) in [6.45, 7) is 4.92. The lowest BCUT2D eigenvalue weighted by Gasteiger charge is -2.20. The molecule has 0 radical (unpaired) electrons. The predicted octanol–water partition coefficient (Wildman–Crippen LogP) is 25.2. The molecular weight excluding hydrogens is 1040 g/mol. The van der Waals surface area contributed by atoms with E-state index in [0.29, 0.717) is 19.4 Å². The maximum Gasteiger partial charge on any atom is 0.305 e. The summed E-state index contributed by atoms with van der Waals surface area (Å²) in [5.74, 6) is -0.0587. The first-order valence-corrected chi connectivity index (χ1v) is 38.4. The number of ether oxygens (including phenoxy) is 1. The highest BCUT2D eigenvalue weighted by Gasteiger charge is 2.18. The minimum Gasteiger partial charge on any atom is -0.466 e. The van der Waals surface area contributed by atoms with Crippen molar-refractivity contribution in [2.24, 2.45) is 0 Å². The number of esters is 1. The molecule has 85 heavy (non-hydrogen) atoms. The van der Waals surface area contributed by atoms with Gasteiger partial charge in [0.1, 0.15) is 0 Å². The van der Waals surface area contributed by atoms with Gasteiger partial charge in [-0.15, -0.1) is 0 Å². The first-order chi connectivity index (χ1) is 42.0. The van der Waals surface area contributed by atoms with Gasteiger partial charge in [0, 0.05) is 12.8 Å². The first-order valence-electron chi connectivity index (χ1n) is 38.4. The van der Waals surface area contributed by atoms with E-state index in [1.165, 1.54) is 340 Å². The molecule has 0 aromatic heterocycles. The van der Waals surface area contributed by atoms with Gasteiger partial charge in [-0.3, -0.25) is 9.59 Å². The summed E-state index contributed by atoms with van der Waals surface area (Å²) in [5, 5.41) is 23.3. The Hall–Kier alpha value is -2.18. The van der Waals surface area contributed by atoms with Crippen LogP contribution < -0.4 is 5.32 Å². The van der Waals surface area contributed by atoms with Gasteiger partial charge in [-0.05, 0) is 89.9 Å². The monoisotopic (exact) mass is 1190 g/mol. The number of hydrogen-bond acceptors (Lipinski definition) is 5. The number of amides is 1. The molecule has 6 nitrogen and oxygen atoms in total. The van der Waals surface area contributed by atoms with Crippen LogP contribution in [-0.2, 0) is 14.3 Å². The van der Waals surface area contributed by atoms with Crippen molar-refractivity contribution < 1.29 is 24.5 Å². The fourth-order valence-corrected chi connectivity index (χ4v) is 12.0. The summed E-state index contributed by atoms with van der Waals surface area (Å²) >= 11 is 0. The number of rotatable bonds is 72. The minimum atomic E-state index is -0.848. The highest BCUT2D eigenvalue weighted by atomic mass is 16.5. The maximum atomic E-state index is 12.5. The molecule has 0 saturated heterocycles. The van der Waals surface area contributed by atoms with E-state index < -0.39 is 12.1 Å². The van der Waals surface area contributed by atoms with E-state index >= 15 is 0 Å². The topological polar surface area (TPSA) is 95.9 Å². The molecule has 3 N–H and O–H groups in total. The second-order valence-electron chi connectivity index (χ2n) is 26.3. The number of aliphatic hydroxyl groups is 2. The van der Waals surface area contributed by atoms with Crippen molar-refractivity contribution in [2.45, 2.75) is 431 Å². The van der Waals surface area contributed by atoms with Crippen molar-refractivity contribution in [1.82, 2.24) is 5.32 Å². The third-order valence-corrected chi connectivity index (χ3v) is 17.8. The molecule has 0 fully saturated rings. The molecule has 1 amide bonds. The van der Waals surface area contributed by atoms with Gasteiger partial charge in [-0.25, -0.2) is 0 Å². The number of allylic oxidation sites excluding steroid dienone is 7. The highest BCUT2D eigenvalue weighted by molar-refractivity contribution is 5.76. The van der Waals surface area contributed by atoms with Crippen molar-refractivity contribution in [1.29, 1.82) is 0 Å². The molecule has 2 atom stereocenters. The largest absolute Gasteiger partial charge is 0.466 e. The second kappa shape index (κ2) is 74.3. The zero-order valence-corrected chi connectivity index (χ0v) is 57.4. The number of hydrogen-bond donors (Lipinski definition) is 3. The van der Waals surface area contributed by atoms with Crippen LogP contribution in [0.1, 0.15) is 418 Å². The van der Waals surface area contributed by atoms with Gasteiger partial charge < -0.3 is 20.3 Å². The highest BCUT2D eigenvalue weighted by Crippen LogP contribution is 2.19. The predicted molar refractivity (Wildman–Crippen MR) is 375 cm³/mol. The second-order valence-corrected chi connectivity index (χ2v) is 26.3. The molecule has 0 rings (SSSR count). The number of aliphatic hydroxyl groups excluding tert-OH is 2. The molecule has 0 aromatic carbocycles. The molecule has 2 unspecified atom stereocenters. The van der Waals surface area contributed by atoms with E-state index in [2.05, 4.69) is 55.6 Å². The molecule has 0 aliphatic carbocycles. The lowest BCUT2D eigenvalue weighted by molar-refractivity contribution is -0.143. The number of carbonyl (C=O) groups excluding carboxylic acids is 2. The van der Waals surface area contributed by atoms with E-state index in [1.807, 2.05) is 6.08 Å². The van der Waals surface area contributed by atoms with E-state index in [4.69, 9.17) is 4.74 Å². The van der Waals surface area contributed by atoms with Crippen molar-refractivity contribution in [3.63, 3.8) is 0 Å². The molecular formula is C79H149NO5. The van der Waals surface area contributed by atoms with Gasteiger partial charge >= 0.3 is 5.97 Å². The summed E-state index contributed by atoms with van der Waals surface area (Å²) in [6.07, 6.45) is 97.8. The van der Waals surface area contributed by atoms with Crippen molar-refractivity contribution >= 4 is 11.9 Å². The molecule has 6 heteroatoms. The van der Waals surface area contributed by atoms with Gasteiger partial charge in [-0.2, -0.15) is 0 Å². The molecule has 0 aromatic rings. The zero-order chi connectivity index (χ0) is 61.3. The van der Waals surface area contributed by atoms with Crippen LogP contribution >= 0.6 is 0 Å². The maximum absolute atomic E-state index is 12.5. The van der Waals surface area contributed by atoms with Crippen LogP contribution in [0.3, 0.4) is 0 Å². The Morgan fingerprint density at radius 1 is 0.329 bits per heavy atom. The molecule has 0 bridgehead atoms. The van der Waals surface area contributed by atoms with Gasteiger partial charge in [0.25, 0.3) is 0 Å². The van der Waals surface area contributed by atoms with Gasteiger partial charge in [0.2, 0.25) is 5.91 Å². The Morgan fingerprint density at radius 3 is 0.918 bits per heavy atom. The molecule has 0 heterocycles. The summed E-state index contributed by atoms with van der Waals surface area (Å²) in [5.41, 5.74) is 0. The smallest absolute Gasteiger partial charge is 0.305 e. The first kappa shape index (κ1) is 82.8. The SMILES string of the molecule is CCCCCC/C=C\C/C=C\CCCCCCCCCC(=O)OCCCCCCCCCCCCCC/C=C\CCCCCCCCCCCCC(=O)NC(CO)C(O)/C=C/CCCCCCCCCCCCCCCCCCCCCCCC. The standard InChI is InChI=1S/C79H149NO5/c1-3-5-7-9-11-13-15-17-19-21-23-24-25-30-33-36-39-43-47-51-55-59-63-67-71-77(82)76(75-81)80-78(83)72-68-64-60-56-52-48-44-40-37-34-31-28-26-27-29-32-35-38-42-46-50-54-58-62-66-70-74-85-79(84)73-69-65-61-57-53-49-45-41-22-20-18-16-14-12-10-8-6-4-2/h14,16,20,22,26,28,67,71,76-77,81-82H,3-13,15,17-19,21,23-25,27,29-66,68-70,72-75H2,1-2H3,(H,80,83)/b16-14-,22-20-,28-26-,71-67+. The lowest BCUT2D eigenvalue weighted by atomic mass is 10.0. The van der Waals surface area contributed by atoms with Crippen LogP contribution in [0.15, 0.2) is 48.6 Å². The Bertz CT molecular complexity index is 1420. The fourth-order valence-electron chi connectivity index (χ4n) is 12.0. The average Bonchev–Trinajstić information content (AvgIpc) is 3.51. The van der Waals surface area contributed by atoms with Crippen LogP contribution in [-0.4, -0.2) is 47.4 Å². The van der Waals surface area contributed by atoms with Crippen LogP contribution in [0, 0.1) is 0 Å². The van der Waals surface area contributed by atoms with Crippen molar-refractivity contribution in [3.05, 3.63) is 48.6 Å². The number of carbonyl (C=O) groups is 2. The molecule has 500 valence electrons. The Morgan fingerprint density at radius 2 is 0.588 bits per heavy atom. The average molecular weight is 1190 g/mol. The zero-order valence-electron chi connectivity index (χ0n) is 57.4. The van der Waals surface area contributed by atoms with E-state index in [9.17, 15) is 19.8 Å². The van der Waals surface area contributed by atoms with Gasteiger partial charge in [0.15, 0.2) is 0 Å². The van der Waals surface area contributed by atoms with Crippen LogP contribution in [0.5, 0.6) is 0 Å². The third kappa shape index (κ3) is 70.8. The molecule has 0 saturated carbocycles. The normalized spacial score (nSPS) is 12.8. The molecule has 0 spiro atoms.